The summed E-state index contributed by atoms with van der Waals surface area (Å²) in [6, 6.07) is 16.7. The van der Waals surface area contributed by atoms with Crippen molar-refractivity contribution in [3.05, 3.63) is 77.9 Å². The van der Waals surface area contributed by atoms with Crippen LogP contribution in [0.2, 0.25) is 0 Å². The van der Waals surface area contributed by atoms with E-state index in [1.807, 2.05) is 24.3 Å². The lowest BCUT2D eigenvalue weighted by Crippen LogP contribution is -2.15. The SMILES string of the molecule is N#Cc1ccc(F)c(-c2ccc3nc(NC(=O)Cc4noc5ccccc45)nn3c2)c1. The second-order valence-corrected chi connectivity index (χ2v) is 6.81. The summed E-state index contributed by atoms with van der Waals surface area (Å²) in [5.41, 5.74) is 2.76. The molecule has 0 spiro atoms. The first-order chi connectivity index (χ1) is 15.1. The number of pyridine rings is 1. The van der Waals surface area contributed by atoms with Gasteiger partial charge in [-0.1, -0.05) is 17.3 Å². The normalized spacial score (nSPS) is 11.0. The molecule has 2 aromatic carbocycles. The van der Waals surface area contributed by atoms with Crippen LogP contribution < -0.4 is 5.32 Å². The number of nitrogens with one attached hydrogen (secondary N) is 1. The van der Waals surface area contributed by atoms with Crippen LogP contribution in [0, 0.1) is 17.1 Å². The third-order valence-electron chi connectivity index (χ3n) is 4.77. The molecule has 5 rings (SSSR count). The molecular weight excluding hydrogens is 399 g/mol. The monoisotopic (exact) mass is 412 g/mol. The van der Waals surface area contributed by atoms with Crippen molar-refractivity contribution in [1.82, 2.24) is 19.8 Å². The Morgan fingerprint density at radius 2 is 2.06 bits per heavy atom. The van der Waals surface area contributed by atoms with Crippen LogP contribution in [0.4, 0.5) is 10.3 Å². The number of aromatic nitrogens is 4. The van der Waals surface area contributed by atoms with E-state index in [0.29, 0.717) is 28.1 Å². The molecule has 9 heteroatoms. The molecule has 3 aromatic heterocycles. The number of anilines is 1. The van der Waals surface area contributed by atoms with Crippen LogP contribution in [0.5, 0.6) is 0 Å². The molecular formula is C22H13FN6O2. The number of hydrogen-bond donors (Lipinski definition) is 1. The molecule has 31 heavy (non-hydrogen) atoms. The van der Waals surface area contributed by atoms with E-state index >= 15 is 0 Å². The van der Waals surface area contributed by atoms with Gasteiger partial charge in [-0.15, -0.1) is 5.10 Å². The van der Waals surface area contributed by atoms with E-state index in [9.17, 15) is 9.18 Å². The number of carbonyl (C=O) groups excluding carboxylic acids is 1. The van der Waals surface area contributed by atoms with E-state index in [-0.39, 0.29) is 23.8 Å². The van der Waals surface area contributed by atoms with Gasteiger partial charge in [-0.25, -0.2) is 8.91 Å². The number of fused-ring (bicyclic) bond motifs is 2. The number of nitriles is 1. The van der Waals surface area contributed by atoms with Crippen molar-refractivity contribution in [2.45, 2.75) is 6.42 Å². The largest absolute Gasteiger partial charge is 0.356 e. The van der Waals surface area contributed by atoms with E-state index < -0.39 is 5.82 Å². The molecule has 0 radical (unpaired) electrons. The Balaban J connectivity index is 1.39. The number of benzene rings is 2. The maximum atomic E-state index is 14.2. The Kier molecular flexibility index (Phi) is 4.37. The Labute approximate surface area is 174 Å². The molecule has 8 nitrogen and oxygen atoms in total. The summed E-state index contributed by atoms with van der Waals surface area (Å²) in [5.74, 6) is -0.684. The summed E-state index contributed by atoms with van der Waals surface area (Å²) in [4.78, 5) is 16.7. The van der Waals surface area contributed by atoms with Gasteiger partial charge in [0.1, 0.15) is 11.5 Å². The van der Waals surface area contributed by atoms with Gasteiger partial charge in [-0.3, -0.25) is 10.1 Å². The van der Waals surface area contributed by atoms with Crippen molar-refractivity contribution in [2.75, 3.05) is 5.32 Å². The molecule has 3 heterocycles. The fraction of sp³-hybridized carbons (Fsp3) is 0.0455. The first kappa shape index (κ1) is 18.4. The average Bonchev–Trinajstić information content (AvgIpc) is 3.37. The number of amides is 1. The first-order valence-electron chi connectivity index (χ1n) is 9.30. The van der Waals surface area contributed by atoms with Gasteiger partial charge < -0.3 is 4.52 Å². The zero-order valence-electron chi connectivity index (χ0n) is 15.9. The third kappa shape index (κ3) is 3.47. The van der Waals surface area contributed by atoms with Crippen LogP contribution in [0.25, 0.3) is 27.7 Å². The predicted molar refractivity (Wildman–Crippen MR) is 109 cm³/mol. The van der Waals surface area contributed by atoms with Gasteiger partial charge in [-0.05, 0) is 42.5 Å². The second-order valence-electron chi connectivity index (χ2n) is 6.81. The van der Waals surface area contributed by atoms with Crippen LogP contribution in [0.1, 0.15) is 11.3 Å². The van der Waals surface area contributed by atoms with Gasteiger partial charge in [-0.2, -0.15) is 10.2 Å². The van der Waals surface area contributed by atoms with Crippen molar-refractivity contribution in [3.8, 4) is 17.2 Å². The van der Waals surface area contributed by atoms with Gasteiger partial charge in [0.15, 0.2) is 11.2 Å². The Hall–Kier alpha value is -4.58. The van der Waals surface area contributed by atoms with E-state index in [4.69, 9.17) is 9.78 Å². The summed E-state index contributed by atoms with van der Waals surface area (Å²) in [6.07, 6.45) is 1.59. The van der Waals surface area contributed by atoms with Crippen molar-refractivity contribution in [1.29, 1.82) is 5.26 Å². The summed E-state index contributed by atoms with van der Waals surface area (Å²) < 4.78 is 20.9. The van der Waals surface area contributed by atoms with E-state index in [2.05, 4.69) is 20.6 Å². The van der Waals surface area contributed by atoms with Gasteiger partial charge in [0.05, 0.1) is 18.1 Å². The highest BCUT2D eigenvalue weighted by molar-refractivity contribution is 5.93. The van der Waals surface area contributed by atoms with Crippen molar-refractivity contribution in [3.63, 3.8) is 0 Å². The molecule has 0 bridgehead atoms. The van der Waals surface area contributed by atoms with Crippen molar-refractivity contribution >= 4 is 28.5 Å². The zero-order chi connectivity index (χ0) is 21.4. The van der Waals surface area contributed by atoms with Crippen LogP contribution in [-0.4, -0.2) is 25.7 Å². The van der Waals surface area contributed by atoms with Gasteiger partial charge in [0.25, 0.3) is 0 Å². The maximum Gasteiger partial charge on any atom is 0.249 e. The number of hydrogen-bond acceptors (Lipinski definition) is 6. The summed E-state index contributed by atoms with van der Waals surface area (Å²) >= 11 is 0. The quantitative estimate of drug-likeness (QED) is 0.482. The Bertz CT molecular complexity index is 1500. The lowest BCUT2D eigenvalue weighted by molar-refractivity contribution is -0.115. The molecule has 0 saturated heterocycles. The van der Waals surface area contributed by atoms with Crippen LogP contribution in [-0.2, 0) is 11.2 Å². The highest BCUT2D eigenvalue weighted by Gasteiger charge is 2.15. The smallest absolute Gasteiger partial charge is 0.249 e. The average molecular weight is 412 g/mol. The van der Waals surface area contributed by atoms with Crippen LogP contribution in [0.15, 0.2) is 65.3 Å². The minimum absolute atomic E-state index is 0.00395. The Morgan fingerprint density at radius 1 is 1.19 bits per heavy atom. The van der Waals surface area contributed by atoms with Gasteiger partial charge in [0.2, 0.25) is 11.9 Å². The number of para-hydroxylation sites is 1. The van der Waals surface area contributed by atoms with Gasteiger partial charge in [0, 0.05) is 22.7 Å². The molecule has 0 aliphatic carbocycles. The molecule has 5 aromatic rings. The molecule has 0 unspecified atom stereocenters. The number of carbonyl (C=O) groups is 1. The second kappa shape index (κ2) is 7.35. The minimum atomic E-state index is -0.452. The predicted octanol–water partition coefficient (Wildman–Crippen LogP) is 3.73. The Morgan fingerprint density at radius 3 is 2.94 bits per heavy atom. The molecule has 1 N–H and O–H groups in total. The molecule has 0 aliphatic heterocycles. The minimum Gasteiger partial charge on any atom is -0.356 e. The topological polar surface area (TPSA) is 109 Å². The molecule has 0 atom stereocenters. The third-order valence-corrected chi connectivity index (χ3v) is 4.77. The summed E-state index contributed by atoms with van der Waals surface area (Å²) in [5, 5.41) is 20.7. The van der Waals surface area contributed by atoms with E-state index in [1.54, 1.807) is 24.4 Å². The maximum absolute atomic E-state index is 14.2. The number of nitrogens with zero attached hydrogens (tertiary/aromatic N) is 5. The first-order valence-corrected chi connectivity index (χ1v) is 9.30. The molecule has 1 amide bonds. The molecule has 0 saturated carbocycles. The molecule has 150 valence electrons. The number of rotatable bonds is 4. The lowest BCUT2D eigenvalue weighted by Gasteiger charge is -2.04. The highest BCUT2D eigenvalue weighted by Crippen LogP contribution is 2.24. The van der Waals surface area contributed by atoms with Crippen LogP contribution >= 0.6 is 0 Å². The highest BCUT2D eigenvalue weighted by atomic mass is 19.1. The molecule has 0 fully saturated rings. The zero-order valence-corrected chi connectivity index (χ0v) is 15.9. The number of halogens is 1. The summed E-state index contributed by atoms with van der Waals surface area (Å²) in [6.45, 7) is 0. The van der Waals surface area contributed by atoms with Crippen molar-refractivity contribution in [2.24, 2.45) is 0 Å². The van der Waals surface area contributed by atoms with E-state index in [1.165, 1.54) is 22.7 Å². The standard InChI is InChI=1S/C22H13FN6O2/c23-17-7-5-13(11-24)9-16(17)14-6-8-20-25-22(27-29(20)12-14)26-21(30)10-18-15-3-1-2-4-19(15)31-28-18/h1-9,12H,10H2,(H,26,27,30). The van der Waals surface area contributed by atoms with E-state index in [0.717, 1.165) is 5.39 Å². The van der Waals surface area contributed by atoms with Gasteiger partial charge >= 0.3 is 0 Å². The fourth-order valence-electron chi connectivity index (χ4n) is 3.30. The summed E-state index contributed by atoms with van der Waals surface area (Å²) in [7, 11) is 0. The van der Waals surface area contributed by atoms with Crippen molar-refractivity contribution < 1.29 is 13.7 Å². The van der Waals surface area contributed by atoms with Crippen LogP contribution in [0.3, 0.4) is 0 Å². The molecule has 0 aliphatic rings. The fourth-order valence-corrected chi connectivity index (χ4v) is 3.30. The lowest BCUT2D eigenvalue weighted by atomic mass is 10.0.